The van der Waals surface area contributed by atoms with Crippen LogP contribution in [0.15, 0.2) is 139 Å². The molecule has 40 heavy (non-hydrogen) atoms. The molecule has 16 nitrogen and oxygen atoms in total. The molecule has 0 unspecified atom stereocenters. The topological polar surface area (TPSA) is 207 Å². The van der Waals surface area contributed by atoms with Gasteiger partial charge in [-0.3, -0.25) is 4.98 Å². The largest absolute Gasteiger partial charge is 0.452 e. The van der Waals surface area contributed by atoms with E-state index >= 15 is 0 Å². The van der Waals surface area contributed by atoms with E-state index in [2.05, 4.69) is 76.6 Å². The summed E-state index contributed by atoms with van der Waals surface area (Å²) in [5.41, 5.74) is 1.79. The maximum absolute atomic E-state index is 4.47. The molecular weight excluding hydrogens is 601 g/mol. The van der Waals surface area contributed by atoms with E-state index in [0.717, 1.165) is 0 Å². The number of oxazole rings is 1. The molecule has 0 bridgehead atoms. The molecule has 0 amide bonds. The van der Waals surface area contributed by atoms with Crippen molar-refractivity contribution in [2.45, 2.75) is 0 Å². The van der Waals surface area contributed by atoms with Crippen molar-refractivity contribution in [3.05, 3.63) is 121 Å². The minimum Gasteiger partial charge on any atom is -0.452 e. The maximum Gasteiger partial charge on any atom is 0.180 e. The first-order chi connectivity index (χ1) is 20.0. The zero-order chi connectivity index (χ0) is 28.3. The second kappa shape index (κ2) is 30.3. The van der Waals surface area contributed by atoms with Gasteiger partial charge >= 0.3 is 0 Å². The summed E-state index contributed by atoms with van der Waals surface area (Å²) in [6.07, 6.45) is 21.9. The van der Waals surface area contributed by atoms with E-state index in [1.165, 1.54) is 78.6 Å². The van der Waals surface area contributed by atoms with Gasteiger partial charge in [0, 0.05) is 33.8 Å². The van der Waals surface area contributed by atoms with Crippen LogP contribution in [-0.4, -0.2) is 58.5 Å². The smallest absolute Gasteiger partial charge is 0.180 e. The highest BCUT2D eigenvalue weighted by Gasteiger charge is 1.64. The van der Waals surface area contributed by atoms with Crippen LogP contribution < -0.4 is 0 Å². The second-order valence-corrected chi connectivity index (χ2v) is 7.77. The molecule has 0 atom stereocenters. The molecule has 0 aliphatic heterocycles. The summed E-state index contributed by atoms with van der Waals surface area (Å²) >= 11 is 5.63. The fourth-order valence-electron chi connectivity index (χ4n) is 1.25. The van der Waals surface area contributed by atoms with E-state index in [9.17, 15) is 0 Å². The third kappa shape index (κ3) is 27.7. The number of aromatic nitrogens is 12. The van der Waals surface area contributed by atoms with Gasteiger partial charge in [0.1, 0.15) is 18.8 Å². The zero-order valence-corrected chi connectivity index (χ0v) is 23.4. The van der Waals surface area contributed by atoms with Crippen LogP contribution in [0.5, 0.6) is 0 Å². The first kappa shape index (κ1) is 33.1. The van der Waals surface area contributed by atoms with Crippen molar-refractivity contribution in [3.8, 4) is 0 Å². The molecule has 0 aromatic carbocycles. The fourth-order valence-corrected chi connectivity index (χ4v) is 2.49. The van der Waals surface area contributed by atoms with Gasteiger partial charge in [-0.05, 0) is 35.2 Å². The first-order valence-corrected chi connectivity index (χ1v) is 13.5. The third-order valence-corrected chi connectivity index (χ3v) is 4.43. The standard InChI is InChI=1S/2C3H3NO.2C3H3NS.2C2H2N2O.2C2H2N2S/c1-2-5-3-4-1;1-2-4-5-3-1;1-2-5-3-4-1;1-2-4-5-3-1;1-2-5-4-3-1;1-2-4-5-3-1;1-2-5-4-3-1;1-2-4-5-3-1/h4*1-3H;4*1-2H. The molecule has 0 fully saturated rings. The minimum absolute atomic E-state index is 1.21. The van der Waals surface area contributed by atoms with Crippen molar-refractivity contribution in [3.63, 3.8) is 0 Å². The molecule has 0 saturated carbocycles. The number of rotatable bonds is 0. The monoisotopic (exact) mass is 620 g/mol. The van der Waals surface area contributed by atoms with Gasteiger partial charge in [-0.2, -0.15) is 8.75 Å². The second-order valence-electron chi connectivity index (χ2n) is 5.08. The molecule has 8 rings (SSSR count). The fraction of sp³-hybridized carbons (Fsp3) is 0. The number of nitrogens with zero attached hydrogens (tertiary/aromatic N) is 12. The molecule has 208 valence electrons. The lowest BCUT2D eigenvalue weighted by molar-refractivity contribution is 0.307. The molecular formula is C20H20N12O4S4. The molecule has 0 N–H and O–H groups in total. The van der Waals surface area contributed by atoms with Crippen LogP contribution in [0.3, 0.4) is 0 Å². The van der Waals surface area contributed by atoms with Crippen LogP contribution in [0.1, 0.15) is 0 Å². The van der Waals surface area contributed by atoms with Crippen molar-refractivity contribution in [2.24, 2.45) is 0 Å². The van der Waals surface area contributed by atoms with Crippen LogP contribution in [0.25, 0.3) is 0 Å². The molecule has 8 aromatic heterocycles. The highest BCUT2D eigenvalue weighted by atomic mass is 32.1. The predicted octanol–water partition coefficient (Wildman–Crippen LogP) is 4.85. The van der Waals surface area contributed by atoms with Gasteiger partial charge in [-0.15, -0.1) is 21.5 Å². The average Bonchev–Trinajstić information content (AvgIpc) is 3.95. The SMILES string of the molecule is c1cnoc1.c1cnon1.c1cnsc1.c1cnsn1.c1cocn1.c1conn1.c1cscn1.c1csnn1. The molecule has 0 spiro atoms. The molecule has 8 aromatic rings. The third-order valence-electron chi connectivity index (χ3n) is 2.52. The summed E-state index contributed by atoms with van der Waals surface area (Å²) in [6.45, 7) is 0. The number of thiazole rings is 1. The highest BCUT2D eigenvalue weighted by molar-refractivity contribution is 7.07. The van der Waals surface area contributed by atoms with Crippen molar-refractivity contribution in [2.75, 3.05) is 0 Å². The van der Waals surface area contributed by atoms with E-state index in [4.69, 9.17) is 0 Å². The normalized spacial score (nSPS) is 8.00. The van der Waals surface area contributed by atoms with E-state index in [0.29, 0.717) is 0 Å². The van der Waals surface area contributed by atoms with Gasteiger partial charge in [-0.25, -0.2) is 14.0 Å². The number of hydrogen-bond donors (Lipinski definition) is 0. The molecule has 20 heteroatoms. The molecule has 0 radical (unpaired) electrons. The number of hydrogen-bond acceptors (Lipinski definition) is 20. The van der Waals surface area contributed by atoms with E-state index in [1.807, 2.05) is 22.2 Å². The van der Waals surface area contributed by atoms with Crippen molar-refractivity contribution in [1.82, 2.24) is 58.5 Å². The highest BCUT2D eigenvalue weighted by Crippen LogP contribution is 1.86. The van der Waals surface area contributed by atoms with Crippen LogP contribution in [0.2, 0.25) is 0 Å². The molecule has 8 heterocycles. The Morgan fingerprint density at radius 3 is 1.65 bits per heavy atom. The van der Waals surface area contributed by atoms with Gasteiger partial charge in [0.15, 0.2) is 6.39 Å². The summed E-state index contributed by atoms with van der Waals surface area (Å²) < 4.78 is 31.7. The van der Waals surface area contributed by atoms with Gasteiger partial charge in [0.05, 0.1) is 66.8 Å². The van der Waals surface area contributed by atoms with Crippen molar-refractivity contribution < 1.29 is 18.1 Å². The summed E-state index contributed by atoms with van der Waals surface area (Å²) in [7, 11) is 0. The Hall–Kier alpha value is -4.92. The average molecular weight is 621 g/mol. The van der Waals surface area contributed by atoms with Gasteiger partial charge < -0.3 is 13.5 Å². The van der Waals surface area contributed by atoms with E-state index in [1.54, 1.807) is 66.3 Å². The maximum atomic E-state index is 4.47. The summed E-state index contributed by atoms with van der Waals surface area (Å²) in [5, 5.41) is 25.4. The summed E-state index contributed by atoms with van der Waals surface area (Å²) in [6, 6.07) is 3.63. The molecule has 0 saturated heterocycles. The molecule has 0 aliphatic carbocycles. The van der Waals surface area contributed by atoms with E-state index in [-0.39, 0.29) is 0 Å². The van der Waals surface area contributed by atoms with Crippen molar-refractivity contribution in [1.29, 1.82) is 0 Å². The lowest BCUT2D eigenvalue weighted by Crippen LogP contribution is -1.53. The van der Waals surface area contributed by atoms with Crippen LogP contribution in [0.4, 0.5) is 0 Å². The summed E-state index contributed by atoms with van der Waals surface area (Å²) in [4.78, 5) is 7.30. The Bertz CT molecular complexity index is 835. The Labute approximate surface area is 243 Å². The Morgan fingerprint density at radius 1 is 0.550 bits per heavy atom. The minimum atomic E-state index is 1.21. The van der Waals surface area contributed by atoms with Crippen molar-refractivity contribution >= 4 is 46.1 Å². The lowest BCUT2D eigenvalue weighted by atomic mass is 10.8. The van der Waals surface area contributed by atoms with Gasteiger partial charge in [0.2, 0.25) is 0 Å². The Kier molecular flexibility index (Phi) is 25.1. The molecule has 0 aliphatic rings. The van der Waals surface area contributed by atoms with E-state index < -0.39 is 0 Å². The first-order valence-electron chi connectivity index (χ1n) is 10.2. The van der Waals surface area contributed by atoms with Crippen LogP contribution >= 0.6 is 46.1 Å². The van der Waals surface area contributed by atoms with Crippen LogP contribution in [-0.2, 0) is 0 Å². The Balaban J connectivity index is 0.000000229. The van der Waals surface area contributed by atoms with Gasteiger partial charge in [-0.1, -0.05) is 20.0 Å². The van der Waals surface area contributed by atoms with Crippen LogP contribution in [0, 0.1) is 0 Å². The van der Waals surface area contributed by atoms with Gasteiger partial charge in [0.25, 0.3) is 0 Å². The predicted molar refractivity (Wildman–Crippen MR) is 146 cm³/mol. The lowest BCUT2D eigenvalue weighted by Gasteiger charge is -1.48. The quantitative estimate of drug-likeness (QED) is 0.222. The Morgan fingerprint density at radius 2 is 1.45 bits per heavy atom. The summed E-state index contributed by atoms with van der Waals surface area (Å²) in [5.74, 6) is 0. The zero-order valence-electron chi connectivity index (χ0n) is 20.2.